The van der Waals surface area contributed by atoms with Crippen LogP contribution < -0.4 is 9.60 Å². The summed E-state index contributed by atoms with van der Waals surface area (Å²) >= 11 is 7.20. The summed E-state index contributed by atoms with van der Waals surface area (Å²) in [4.78, 5) is 13.2. The van der Waals surface area contributed by atoms with Crippen molar-refractivity contribution < 1.29 is 8.42 Å². The number of thiazole rings is 1. The predicted molar refractivity (Wildman–Crippen MR) is 82.3 cm³/mol. The first kappa shape index (κ1) is 14.8. The van der Waals surface area contributed by atoms with Gasteiger partial charge in [0.05, 0.1) is 5.69 Å². The normalized spacial score (nSPS) is 11.5. The third-order valence-electron chi connectivity index (χ3n) is 2.20. The third kappa shape index (κ3) is 3.28. The lowest BCUT2D eigenvalue weighted by Gasteiger charge is -2.09. The molecule has 0 atom stereocenters. The Morgan fingerprint density at radius 3 is 2.58 bits per heavy atom. The van der Waals surface area contributed by atoms with Gasteiger partial charge in [-0.25, -0.2) is 8.42 Å². The minimum atomic E-state index is -3.78. The highest BCUT2D eigenvalue weighted by molar-refractivity contribution is 9.11. The lowest BCUT2D eigenvalue weighted by Crippen LogP contribution is -2.13. The maximum Gasteiger partial charge on any atom is 0.306 e. The third-order valence-corrected chi connectivity index (χ3v) is 6.35. The van der Waals surface area contributed by atoms with Crippen LogP contribution in [0, 0.1) is 6.92 Å². The molecule has 2 N–H and O–H groups in total. The van der Waals surface area contributed by atoms with Crippen LogP contribution in [-0.2, 0) is 10.0 Å². The van der Waals surface area contributed by atoms with E-state index in [1.807, 2.05) is 0 Å². The van der Waals surface area contributed by atoms with Crippen molar-refractivity contribution in [1.82, 2.24) is 4.98 Å². The van der Waals surface area contributed by atoms with Gasteiger partial charge < -0.3 is 4.98 Å². The Bertz CT molecular complexity index is 780. The summed E-state index contributed by atoms with van der Waals surface area (Å²) in [5, 5.41) is 0. The molecular formula is C10H8Br2N2O3S2. The Balaban J connectivity index is 2.45. The number of aryl methyl sites for hydroxylation is 1. The van der Waals surface area contributed by atoms with E-state index in [1.165, 1.54) is 0 Å². The number of aromatic nitrogens is 1. The van der Waals surface area contributed by atoms with Crippen LogP contribution in [0.15, 0.2) is 36.1 Å². The number of rotatable bonds is 3. The highest BCUT2D eigenvalue weighted by atomic mass is 79.9. The highest BCUT2D eigenvalue weighted by Gasteiger charge is 2.21. The first-order chi connectivity index (χ1) is 8.79. The molecule has 5 nitrogen and oxygen atoms in total. The molecule has 2 aromatic rings. The van der Waals surface area contributed by atoms with E-state index in [1.54, 1.807) is 25.1 Å². The van der Waals surface area contributed by atoms with Crippen LogP contribution >= 0.6 is 43.2 Å². The molecule has 0 aliphatic rings. The second-order valence-corrected chi connectivity index (χ2v) is 8.29. The molecule has 1 aromatic heterocycles. The van der Waals surface area contributed by atoms with E-state index >= 15 is 0 Å². The molecule has 0 fully saturated rings. The zero-order chi connectivity index (χ0) is 14.2. The molecule has 2 rings (SSSR count). The molecule has 0 radical (unpaired) electrons. The number of anilines is 1. The Morgan fingerprint density at radius 1 is 1.32 bits per heavy atom. The average Bonchev–Trinajstić information content (AvgIpc) is 2.63. The second-order valence-electron chi connectivity index (χ2n) is 3.66. The van der Waals surface area contributed by atoms with Gasteiger partial charge in [0.2, 0.25) is 0 Å². The number of halogens is 2. The fourth-order valence-electron chi connectivity index (χ4n) is 1.41. The highest BCUT2D eigenvalue weighted by Crippen LogP contribution is 2.29. The van der Waals surface area contributed by atoms with Crippen molar-refractivity contribution in [3.63, 3.8) is 0 Å². The lowest BCUT2D eigenvalue weighted by molar-refractivity contribution is 0.602. The Kier molecular flexibility index (Phi) is 4.19. The van der Waals surface area contributed by atoms with Gasteiger partial charge in [-0.05, 0) is 41.1 Å². The molecule has 0 saturated heterocycles. The SMILES string of the molecule is Cc1[nH]c(=O)sc1S(=O)(=O)Nc1cc(Br)ccc1Br. The van der Waals surface area contributed by atoms with Crippen LogP contribution in [0.3, 0.4) is 0 Å². The number of benzene rings is 1. The van der Waals surface area contributed by atoms with Gasteiger partial charge in [-0.3, -0.25) is 9.52 Å². The molecule has 1 aromatic carbocycles. The first-order valence-electron chi connectivity index (χ1n) is 4.97. The number of aromatic amines is 1. The van der Waals surface area contributed by atoms with E-state index in [-0.39, 0.29) is 4.21 Å². The zero-order valence-electron chi connectivity index (χ0n) is 9.53. The van der Waals surface area contributed by atoms with Gasteiger partial charge >= 0.3 is 4.87 Å². The van der Waals surface area contributed by atoms with Crippen molar-refractivity contribution >= 4 is 58.9 Å². The van der Waals surface area contributed by atoms with E-state index in [2.05, 4.69) is 41.6 Å². The smallest absolute Gasteiger partial charge is 0.306 e. The largest absolute Gasteiger partial charge is 0.315 e. The van der Waals surface area contributed by atoms with Crippen LogP contribution in [0.2, 0.25) is 0 Å². The zero-order valence-corrected chi connectivity index (χ0v) is 14.3. The number of hydrogen-bond donors (Lipinski definition) is 2. The van der Waals surface area contributed by atoms with E-state index in [4.69, 9.17) is 0 Å². The molecule has 19 heavy (non-hydrogen) atoms. The van der Waals surface area contributed by atoms with E-state index in [9.17, 15) is 13.2 Å². The molecule has 0 unspecified atom stereocenters. The average molecular weight is 428 g/mol. The van der Waals surface area contributed by atoms with Crippen LogP contribution in [0.5, 0.6) is 0 Å². The van der Waals surface area contributed by atoms with Crippen molar-refractivity contribution in [3.05, 3.63) is 42.5 Å². The molecule has 0 aliphatic carbocycles. The number of sulfonamides is 1. The van der Waals surface area contributed by atoms with E-state index in [0.29, 0.717) is 27.2 Å². The quantitative estimate of drug-likeness (QED) is 0.789. The van der Waals surface area contributed by atoms with Gasteiger partial charge in [-0.2, -0.15) is 0 Å². The summed E-state index contributed by atoms with van der Waals surface area (Å²) in [7, 11) is -3.78. The van der Waals surface area contributed by atoms with Crippen LogP contribution in [0.4, 0.5) is 5.69 Å². The minimum absolute atomic E-state index is 0.00984. The first-order valence-corrected chi connectivity index (χ1v) is 8.86. The van der Waals surface area contributed by atoms with Crippen molar-refractivity contribution in [2.24, 2.45) is 0 Å². The number of nitrogens with one attached hydrogen (secondary N) is 2. The second kappa shape index (κ2) is 5.39. The van der Waals surface area contributed by atoms with Gasteiger partial charge in [0.1, 0.15) is 0 Å². The summed E-state index contributed by atoms with van der Waals surface area (Å²) < 4.78 is 28.2. The monoisotopic (exact) mass is 426 g/mol. The van der Waals surface area contributed by atoms with Gasteiger partial charge in [-0.1, -0.05) is 27.3 Å². The van der Waals surface area contributed by atoms with E-state index in [0.717, 1.165) is 4.47 Å². The van der Waals surface area contributed by atoms with Crippen molar-refractivity contribution in [2.75, 3.05) is 4.72 Å². The molecular weight excluding hydrogens is 420 g/mol. The Hall–Kier alpha value is -0.640. The lowest BCUT2D eigenvalue weighted by atomic mass is 10.3. The number of hydrogen-bond acceptors (Lipinski definition) is 4. The fourth-order valence-corrected chi connectivity index (χ4v) is 4.62. The van der Waals surface area contributed by atoms with Crippen molar-refractivity contribution in [1.29, 1.82) is 0 Å². The van der Waals surface area contributed by atoms with Crippen molar-refractivity contribution in [2.45, 2.75) is 11.1 Å². The van der Waals surface area contributed by atoms with Gasteiger partial charge in [-0.15, -0.1) is 0 Å². The summed E-state index contributed by atoms with van der Waals surface area (Å²) in [5.41, 5.74) is 0.725. The standard InChI is InChI=1S/C10H8Br2N2O3S2/c1-5-9(18-10(15)13-5)19(16,17)14-8-4-6(11)2-3-7(8)12/h2-4,14H,1H3,(H,13,15). The maximum absolute atomic E-state index is 12.2. The molecule has 102 valence electrons. The summed E-state index contributed by atoms with van der Waals surface area (Å²) in [5.74, 6) is 0. The molecule has 0 bridgehead atoms. The molecule has 1 heterocycles. The topological polar surface area (TPSA) is 79.0 Å². The maximum atomic E-state index is 12.2. The van der Waals surface area contributed by atoms with Crippen LogP contribution in [-0.4, -0.2) is 13.4 Å². The Labute approximate surface area is 130 Å². The molecule has 0 spiro atoms. The van der Waals surface area contributed by atoms with Gasteiger partial charge in [0, 0.05) is 14.6 Å². The summed E-state index contributed by atoms with van der Waals surface area (Å²) in [6, 6.07) is 5.13. The fraction of sp³-hybridized carbons (Fsp3) is 0.100. The molecule has 0 amide bonds. The molecule has 0 saturated carbocycles. The minimum Gasteiger partial charge on any atom is -0.315 e. The van der Waals surface area contributed by atoms with Gasteiger partial charge in [0.15, 0.2) is 4.21 Å². The van der Waals surface area contributed by atoms with Crippen LogP contribution in [0.1, 0.15) is 5.69 Å². The predicted octanol–water partition coefficient (Wildman–Crippen LogP) is 3.07. The van der Waals surface area contributed by atoms with Crippen LogP contribution in [0.25, 0.3) is 0 Å². The number of H-pyrrole nitrogens is 1. The summed E-state index contributed by atoms with van der Waals surface area (Å²) in [6.07, 6.45) is 0. The molecule has 0 aliphatic heterocycles. The van der Waals surface area contributed by atoms with Gasteiger partial charge in [0.25, 0.3) is 10.0 Å². The van der Waals surface area contributed by atoms with Crippen molar-refractivity contribution in [3.8, 4) is 0 Å². The Morgan fingerprint density at radius 2 is 2.00 bits per heavy atom. The van der Waals surface area contributed by atoms with E-state index < -0.39 is 14.9 Å². The molecule has 9 heteroatoms. The summed E-state index contributed by atoms with van der Waals surface area (Å²) in [6.45, 7) is 1.54.